The second-order valence-corrected chi connectivity index (χ2v) is 4.73. The highest BCUT2D eigenvalue weighted by molar-refractivity contribution is 5.19. The number of rotatable bonds is 6. The van der Waals surface area contributed by atoms with Gasteiger partial charge in [-0.05, 0) is 31.0 Å². The first kappa shape index (κ1) is 13.7. The van der Waals surface area contributed by atoms with Crippen LogP contribution in [-0.2, 0) is 13.1 Å². The van der Waals surface area contributed by atoms with Gasteiger partial charge >= 0.3 is 0 Å². The predicted octanol–water partition coefficient (Wildman–Crippen LogP) is 3.28. The molecule has 0 saturated heterocycles. The van der Waals surface area contributed by atoms with Gasteiger partial charge in [0.15, 0.2) is 0 Å². The molecule has 1 N–H and O–H groups in total. The van der Waals surface area contributed by atoms with Gasteiger partial charge in [-0.3, -0.25) is 0 Å². The summed E-state index contributed by atoms with van der Waals surface area (Å²) in [4.78, 5) is 4.18. The van der Waals surface area contributed by atoms with Crippen molar-refractivity contribution >= 4 is 0 Å². The minimum absolute atomic E-state index is 0.186. The highest BCUT2D eigenvalue weighted by Crippen LogP contribution is 2.13. The second kappa shape index (κ2) is 6.48. The Hall–Kier alpha value is -1.68. The van der Waals surface area contributed by atoms with E-state index in [1.807, 2.05) is 24.7 Å². The number of benzene rings is 1. The van der Waals surface area contributed by atoms with Gasteiger partial charge in [-0.25, -0.2) is 9.37 Å². The summed E-state index contributed by atoms with van der Waals surface area (Å²) < 4.78 is 15.0. The molecule has 2 aromatic rings. The second-order valence-electron chi connectivity index (χ2n) is 4.73. The Morgan fingerprint density at radius 1 is 1.32 bits per heavy atom. The van der Waals surface area contributed by atoms with Crippen LogP contribution in [0.25, 0.3) is 0 Å². The summed E-state index contributed by atoms with van der Waals surface area (Å²) in [5.74, 6) is -0.197. The van der Waals surface area contributed by atoms with E-state index in [0.29, 0.717) is 0 Å². The first-order valence-electron chi connectivity index (χ1n) is 6.68. The number of nitrogens with one attached hydrogen (secondary N) is 1. The fraction of sp³-hybridized carbons (Fsp3) is 0.400. The largest absolute Gasteiger partial charge is 0.333 e. The molecule has 1 heterocycles. The summed E-state index contributed by atoms with van der Waals surface area (Å²) in [6, 6.07) is 6.81. The molecule has 0 aliphatic carbocycles. The van der Waals surface area contributed by atoms with Crippen LogP contribution in [0.3, 0.4) is 0 Å². The van der Waals surface area contributed by atoms with Crippen LogP contribution in [0.1, 0.15) is 37.6 Å². The molecule has 0 saturated carbocycles. The Balaban J connectivity index is 1.94. The number of nitrogens with zero attached hydrogens (tertiary/aromatic N) is 2. The van der Waals surface area contributed by atoms with Crippen LogP contribution < -0.4 is 5.32 Å². The Labute approximate surface area is 113 Å². The molecule has 0 unspecified atom stereocenters. The van der Waals surface area contributed by atoms with Gasteiger partial charge in [0.25, 0.3) is 0 Å². The van der Waals surface area contributed by atoms with Gasteiger partial charge in [0, 0.05) is 25.3 Å². The molecule has 0 radical (unpaired) electrons. The van der Waals surface area contributed by atoms with E-state index in [-0.39, 0.29) is 11.9 Å². The molecule has 0 spiro atoms. The molecule has 102 valence electrons. The number of aryl methyl sites for hydroxylation is 1. The molecule has 0 fully saturated rings. The van der Waals surface area contributed by atoms with E-state index in [1.165, 1.54) is 17.8 Å². The zero-order chi connectivity index (χ0) is 13.7. The lowest BCUT2D eigenvalue weighted by atomic mass is 10.1. The van der Waals surface area contributed by atoms with Crippen LogP contribution in [0.5, 0.6) is 0 Å². The van der Waals surface area contributed by atoms with Crippen molar-refractivity contribution in [3.8, 4) is 0 Å². The van der Waals surface area contributed by atoms with Gasteiger partial charge in [-0.1, -0.05) is 19.1 Å². The summed E-state index contributed by atoms with van der Waals surface area (Å²) in [6.07, 6.45) is 4.85. The zero-order valence-electron chi connectivity index (χ0n) is 11.4. The van der Waals surface area contributed by atoms with Crippen LogP contribution in [0, 0.1) is 5.82 Å². The normalized spacial score (nSPS) is 12.6. The van der Waals surface area contributed by atoms with Crippen molar-refractivity contribution in [3.63, 3.8) is 0 Å². The van der Waals surface area contributed by atoms with E-state index in [1.54, 1.807) is 0 Å². The quantitative estimate of drug-likeness (QED) is 0.864. The number of halogens is 1. The molecule has 3 nitrogen and oxygen atoms in total. The summed E-state index contributed by atoms with van der Waals surface area (Å²) in [5, 5.41) is 3.44. The number of hydrogen-bond donors (Lipinski definition) is 1. The van der Waals surface area contributed by atoms with E-state index in [0.717, 1.165) is 25.1 Å². The van der Waals surface area contributed by atoms with E-state index in [4.69, 9.17) is 0 Å². The fourth-order valence-electron chi connectivity index (χ4n) is 2.06. The van der Waals surface area contributed by atoms with Gasteiger partial charge in [0.1, 0.15) is 5.82 Å². The molecular formula is C15H20FN3. The fourth-order valence-corrected chi connectivity index (χ4v) is 2.06. The van der Waals surface area contributed by atoms with Crippen LogP contribution in [0.4, 0.5) is 4.39 Å². The number of hydrogen-bond acceptors (Lipinski definition) is 2. The van der Waals surface area contributed by atoms with Crippen molar-refractivity contribution in [2.75, 3.05) is 0 Å². The van der Waals surface area contributed by atoms with Crippen LogP contribution in [0.2, 0.25) is 0 Å². The molecular weight excluding hydrogens is 241 g/mol. The van der Waals surface area contributed by atoms with Crippen molar-refractivity contribution in [2.45, 2.75) is 39.4 Å². The summed E-state index contributed by atoms with van der Waals surface area (Å²) in [7, 11) is 0. The molecule has 19 heavy (non-hydrogen) atoms. The third-order valence-electron chi connectivity index (χ3n) is 3.22. The summed E-state index contributed by atoms with van der Waals surface area (Å²) >= 11 is 0. The van der Waals surface area contributed by atoms with E-state index < -0.39 is 0 Å². The number of aromatic nitrogens is 2. The molecule has 1 aromatic carbocycles. The maximum absolute atomic E-state index is 12.9. The van der Waals surface area contributed by atoms with Gasteiger partial charge in [0.05, 0.1) is 12.0 Å². The van der Waals surface area contributed by atoms with E-state index >= 15 is 0 Å². The lowest BCUT2D eigenvalue weighted by molar-refractivity contribution is 0.540. The maximum atomic E-state index is 12.9. The lowest BCUT2D eigenvalue weighted by Gasteiger charge is -2.15. The zero-order valence-corrected chi connectivity index (χ0v) is 11.4. The smallest absolute Gasteiger partial charge is 0.123 e. The van der Waals surface area contributed by atoms with Gasteiger partial charge < -0.3 is 9.88 Å². The van der Waals surface area contributed by atoms with Crippen LogP contribution in [0.15, 0.2) is 36.8 Å². The standard InChI is InChI=1S/C15H20FN3/c1-3-8-19-11-17-9-15(19)10-18-12(2)13-4-6-14(16)7-5-13/h4-7,9,11-12,18H,3,8,10H2,1-2H3/t12-/m0/s1. The van der Waals surface area contributed by atoms with Crippen molar-refractivity contribution in [2.24, 2.45) is 0 Å². The average Bonchev–Trinajstić information content (AvgIpc) is 2.85. The SMILES string of the molecule is CCCn1cncc1CN[C@@H](C)c1ccc(F)cc1. The van der Waals surface area contributed by atoms with Crippen molar-refractivity contribution < 1.29 is 4.39 Å². The minimum atomic E-state index is -0.197. The highest BCUT2D eigenvalue weighted by atomic mass is 19.1. The molecule has 0 amide bonds. The molecule has 0 aliphatic rings. The van der Waals surface area contributed by atoms with Gasteiger partial charge in [-0.15, -0.1) is 0 Å². The molecule has 0 bridgehead atoms. The van der Waals surface area contributed by atoms with Crippen molar-refractivity contribution in [1.82, 2.24) is 14.9 Å². The topological polar surface area (TPSA) is 29.9 Å². The maximum Gasteiger partial charge on any atom is 0.123 e. The first-order chi connectivity index (χ1) is 9.20. The monoisotopic (exact) mass is 261 g/mol. The van der Waals surface area contributed by atoms with Gasteiger partial charge in [-0.2, -0.15) is 0 Å². The highest BCUT2D eigenvalue weighted by Gasteiger charge is 2.07. The summed E-state index contributed by atoms with van der Waals surface area (Å²) in [5.41, 5.74) is 2.26. The van der Waals surface area contributed by atoms with E-state index in [9.17, 15) is 4.39 Å². The van der Waals surface area contributed by atoms with Gasteiger partial charge in [0.2, 0.25) is 0 Å². The molecule has 0 aliphatic heterocycles. The molecule has 1 aromatic heterocycles. The Kier molecular flexibility index (Phi) is 4.68. The third kappa shape index (κ3) is 3.64. The lowest BCUT2D eigenvalue weighted by Crippen LogP contribution is -2.20. The average molecular weight is 261 g/mol. The van der Waals surface area contributed by atoms with Crippen molar-refractivity contribution in [3.05, 3.63) is 53.9 Å². The van der Waals surface area contributed by atoms with Crippen LogP contribution >= 0.6 is 0 Å². The predicted molar refractivity (Wildman–Crippen MR) is 74.2 cm³/mol. The minimum Gasteiger partial charge on any atom is -0.333 e. The summed E-state index contributed by atoms with van der Waals surface area (Å²) in [6.45, 7) is 5.98. The third-order valence-corrected chi connectivity index (χ3v) is 3.22. The number of imidazole rings is 1. The van der Waals surface area contributed by atoms with Crippen LogP contribution in [-0.4, -0.2) is 9.55 Å². The first-order valence-corrected chi connectivity index (χ1v) is 6.68. The van der Waals surface area contributed by atoms with E-state index in [2.05, 4.69) is 28.7 Å². The Morgan fingerprint density at radius 3 is 2.74 bits per heavy atom. The molecule has 4 heteroatoms. The Morgan fingerprint density at radius 2 is 2.05 bits per heavy atom. The molecule has 2 rings (SSSR count). The Bertz CT molecular complexity index is 504. The molecule has 1 atom stereocenters. The van der Waals surface area contributed by atoms with Crippen molar-refractivity contribution in [1.29, 1.82) is 0 Å².